The van der Waals surface area contributed by atoms with E-state index in [4.69, 9.17) is 14.2 Å². The van der Waals surface area contributed by atoms with Crippen LogP contribution in [0.5, 0.6) is 17.2 Å². The van der Waals surface area contributed by atoms with Gasteiger partial charge in [0.25, 0.3) is 5.91 Å². The smallest absolute Gasteiger partial charge is 0.255 e. The summed E-state index contributed by atoms with van der Waals surface area (Å²) in [6, 6.07) is 20.0. The van der Waals surface area contributed by atoms with Crippen LogP contribution in [0.2, 0.25) is 0 Å². The maximum Gasteiger partial charge on any atom is 0.255 e. The van der Waals surface area contributed by atoms with Gasteiger partial charge in [0, 0.05) is 29.1 Å². The molecule has 1 N–H and O–H groups in total. The molecule has 3 aromatic carbocycles. The highest BCUT2D eigenvalue weighted by atomic mass is 32.2. The van der Waals surface area contributed by atoms with Crippen molar-refractivity contribution < 1.29 is 23.8 Å². The minimum absolute atomic E-state index is 0.0441. The Kier molecular flexibility index (Phi) is 6.74. The molecule has 170 valence electrons. The molecule has 1 aliphatic heterocycles. The van der Waals surface area contributed by atoms with Crippen molar-refractivity contribution >= 4 is 35.0 Å². The van der Waals surface area contributed by atoms with E-state index in [0.29, 0.717) is 34.3 Å². The summed E-state index contributed by atoms with van der Waals surface area (Å²) in [5.41, 5.74) is 2.83. The standard InChI is InChI=1S/C25H24N2O5S/c1-30-20-6-4-5-19(13-20)27-23(28)15-33-25(27)16-7-9-18(10-8-16)26-24(29)17-11-21(31-2)14-22(12-17)32-3/h4-14,25H,15H2,1-3H3,(H,26,29)/t25-/m0/s1. The first kappa shape index (κ1) is 22.5. The monoisotopic (exact) mass is 464 g/mol. The molecule has 1 aliphatic rings. The Morgan fingerprint density at radius 3 is 2.21 bits per heavy atom. The van der Waals surface area contributed by atoms with E-state index in [-0.39, 0.29) is 17.2 Å². The average molecular weight is 465 g/mol. The number of amides is 2. The van der Waals surface area contributed by atoms with Crippen LogP contribution < -0.4 is 24.4 Å². The summed E-state index contributed by atoms with van der Waals surface area (Å²) in [5.74, 6) is 1.94. The molecular formula is C25H24N2O5S. The van der Waals surface area contributed by atoms with Crippen LogP contribution in [0.1, 0.15) is 21.3 Å². The summed E-state index contributed by atoms with van der Waals surface area (Å²) >= 11 is 1.57. The number of nitrogens with one attached hydrogen (secondary N) is 1. The van der Waals surface area contributed by atoms with E-state index in [1.807, 2.05) is 48.5 Å². The maximum atomic E-state index is 12.7. The highest BCUT2D eigenvalue weighted by Crippen LogP contribution is 2.42. The van der Waals surface area contributed by atoms with Gasteiger partial charge in [-0.05, 0) is 42.0 Å². The molecule has 1 atom stereocenters. The van der Waals surface area contributed by atoms with Crippen LogP contribution in [0.25, 0.3) is 0 Å². The number of nitrogens with zero attached hydrogens (tertiary/aromatic N) is 1. The maximum absolute atomic E-state index is 12.7. The molecule has 1 fully saturated rings. The van der Waals surface area contributed by atoms with Crippen molar-refractivity contribution in [1.82, 2.24) is 0 Å². The lowest BCUT2D eigenvalue weighted by Gasteiger charge is -2.25. The topological polar surface area (TPSA) is 77.1 Å². The van der Waals surface area contributed by atoms with Crippen LogP contribution in [-0.2, 0) is 4.79 Å². The third-order valence-electron chi connectivity index (χ3n) is 5.27. The quantitative estimate of drug-likeness (QED) is 0.544. The third kappa shape index (κ3) is 4.90. The number of hydrogen-bond acceptors (Lipinski definition) is 6. The predicted octanol–water partition coefficient (Wildman–Crippen LogP) is 4.74. The van der Waals surface area contributed by atoms with Crippen molar-refractivity contribution in [2.24, 2.45) is 0 Å². The van der Waals surface area contributed by atoms with Crippen LogP contribution in [0.4, 0.5) is 11.4 Å². The molecule has 0 saturated carbocycles. The van der Waals surface area contributed by atoms with Gasteiger partial charge in [0.15, 0.2) is 0 Å². The fraction of sp³-hybridized carbons (Fsp3) is 0.200. The van der Waals surface area contributed by atoms with Crippen LogP contribution >= 0.6 is 11.8 Å². The van der Waals surface area contributed by atoms with Crippen molar-refractivity contribution in [3.05, 3.63) is 77.9 Å². The Hall–Kier alpha value is -3.65. The van der Waals surface area contributed by atoms with Gasteiger partial charge >= 0.3 is 0 Å². The largest absolute Gasteiger partial charge is 0.497 e. The molecule has 4 rings (SSSR count). The zero-order chi connectivity index (χ0) is 23.4. The van der Waals surface area contributed by atoms with E-state index < -0.39 is 0 Å². The van der Waals surface area contributed by atoms with Gasteiger partial charge in [-0.3, -0.25) is 14.5 Å². The number of ether oxygens (including phenoxy) is 3. The van der Waals surface area contributed by atoms with Gasteiger partial charge in [-0.2, -0.15) is 0 Å². The fourth-order valence-electron chi connectivity index (χ4n) is 3.58. The lowest BCUT2D eigenvalue weighted by Crippen LogP contribution is -2.27. The van der Waals surface area contributed by atoms with Gasteiger partial charge in [0.05, 0.1) is 27.1 Å². The number of anilines is 2. The third-order valence-corrected chi connectivity index (χ3v) is 6.48. The zero-order valence-corrected chi connectivity index (χ0v) is 19.3. The first-order valence-corrected chi connectivity index (χ1v) is 11.3. The second-order valence-corrected chi connectivity index (χ2v) is 8.37. The molecule has 33 heavy (non-hydrogen) atoms. The number of methoxy groups -OCH3 is 3. The van der Waals surface area contributed by atoms with Crippen molar-refractivity contribution in [3.63, 3.8) is 0 Å². The van der Waals surface area contributed by atoms with Gasteiger partial charge < -0.3 is 19.5 Å². The first-order chi connectivity index (χ1) is 16.0. The average Bonchev–Trinajstić information content (AvgIpc) is 3.25. The minimum atomic E-state index is -0.275. The van der Waals surface area contributed by atoms with Crippen molar-refractivity contribution in [2.45, 2.75) is 5.37 Å². The summed E-state index contributed by atoms with van der Waals surface area (Å²) in [6.07, 6.45) is 0. The molecule has 0 spiro atoms. The second kappa shape index (κ2) is 9.87. The molecule has 0 bridgehead atoms. The van der Waals surface area contributed by atoms with E-state index in [2.05, 4.69) is 5.32 Å². The fourth-order valence-corrected chi connectivity index (χ4v) is 4.76. The molecule has 1 heterocycles. The molecule has 8 heteroatoms. The van der Waals surface area contributed by atoms with E-state index in [1.54, 1.807) is 42.0 Å². The molecule has 0 aliphatic carbocycles. The highest BCUT2D eigenvalue weighted by Gasteiger charge is 2.34. The Morgan fingerprint density at radius 1 is 0.909 bits per heavy atom. The van der Waals surface area contributed by atoms with Gasteiger partial charge in [-0.25, -0.2) is 0 Å². The predicted molar refractivity (Wildman–Crippen MR) is 130 cm³/mol. The highest BCUT2D eigenvalue weighted by molar-refractivity contribution is 8.00. The van der Waals surface area contributed by atoms with E-state index in [1.165, 1.54) is 14.2 Å². The van der Waals surface area contributed by atoms with Crippen molar-refractivity contribution in [1.29, 1.82) is 0 Å². The number of thioether (sulfide) groups is 1. The second-order valence-electron chi connectivity index (χ2n) is 7.31. The Balaban J connectivity index is 1.52. The number of carbonyl (C=O) groups is 2. The van der Waals surface area contributed by atoms with Gasteiger partial charge in [0.2, 0.25) is 5.91 Å². The minimum Gasteiger partial charge on any atom is -0.497 e. The van der Waals surface area contributed by atoms with E-state index in [0.717, 1.165) is 11.3 Å². The Labute approximate surface area is 196 Å². The zero-order valence-electron chi connectivity index (χ0n) is 18.5. The summed E-state index contributed by atoms with van der Waals surface area (Å²) in [4.78, 5) is 27.1. The molecule has 3 aromatic rings. The van der Waals surface area contributed by atoms with E-state index >= 15 is 0 Å². The first-order valence-electron chi connectivity index (χ1n) is 10.2. The van der Waals surface area contributed by atoms with E-state index in [9.17, 15) is 9.59 Å². The lowest BCUT2D eigenvalue weighted by atomic mass is 10.1. The number of hydrogen-bond donors (Lipinski definition) is 1. The van der Waals surface area contributed by atoms with Crippen molar-refractivity contribution in [2.75, 3.05) is 37.3 Å². The molecule has 2 amide bonds. The van der Waals surface area contributed by atoms with Crippen LogP contribution in [0.15, 0.2) is 66.7 Å². The lowest BCUT2D eigenvalue weighted by molar-refractivity contribution is -0.115. The summed E-state index contributed by atoms with van der Waals surface area (Å²) in [5, 5.41) is 2.74. The summed E-state index contributed by atoms with van der Waals surface area (Å²) in [7, 11) is 4.68. The summed E-state index contributed by atoms with van der Waals surface area (Å²) in [6.45, 7) is 0. The van der Waals surface area contributed by atoms with Crippen LogP contribution in [0.3, 0.4) is 0 Å². The number of benzene rings is 3. The van der Waals surface area contributed by atoms with Crippen LogP contribution in [0, 0.1) is 0 Å². The normalized spacial score (nSPS) is 15.3. The van der Waals surface area contributed by atoms with Crippen LogP contribution in [-0.4, -0.2) is 38.9 Å². The van der Waals surface area contributed by atoms with Gasteiger partial charge in [-0.1, -0.05) is 18.2 Å². The number of rotatable bonds is 7. The SMILES string of the molecule is COc1cc(OC)cc(C(=O)Nc2ccc([C@@H]3SCC(=O)N3c3cccc(OC)c3)cc2)c1. The number of carbonyl (C=O) groups excluding carboxylic acids is 2. The molecule has 0 radical (unpaired) electrons. The van der Waals surface area contributed by atoms with Crippen molar-refractivity contribution in [3.8, 4) is 17.2 Å². The molecule has 0 unspecified atom stereocenters. The molecule has 0 aromatic heterocycles. The molecule has 1 saturated heterocycles. The van der Waals surface area contributed by atoms with Gasteiger partial charge in [-0.15, -0.1) is 11.8 Å². The molecular weight excluding hydrogens is 440 g/mol. The Morgan fingerprint density at radius 2 is 1.58 bits per heavy atom. The molecule has 7 nitrogen and oxygen atoms in total. The van der Waals surface area contributed by atoms with Gasteiger partial charge in [0.1, 0.15) is 22.6 Å². The Bertz CT molecular complexity index is 1140. The summed E-state index contributed by atoms with van der Waals surface area (Å²) < 4.78 is 15.8.